The maximum atomic E-state index is 4.12. The number of fused-ring (bicyclic) bond motifs is 1. The first-order valence-corrected chi connectivity index (χ1v) is 7.33. The molecule has 1 aliphatic rings. The Morgan fingerprint density at radius 3 is 1.76 bits per heavy atom. The van der Waals surface area contributed by atoms with Crippen molar-refractivity contribution in [1.29, 1.82) is 0 Å². The number of nitrogens with zero attached hydrogens (tertiary/aromatic N) is 2. The van der Waals surface area contributed by atoms with Gasteiger partial charge in [-0.15, -0.1) is 8.58 Å². The van der Waals surface area contributed by atoms with Gasteiger partial charge >= 0.3 is 0 Å². The highest BCUT2D eigenvalue weighted by molar-refractivity contribution is 7.40. The third-order valence-corrected chi connectivity index (χ3v) is 4.69. The maximum absolute atomic E-state index is 4.12. The van der Waals surface area contributed by atoms with Gasteiger partial charge in [-0.25, -0.2) is 0 Å². The van der Waals surface area contributed by atoms with Crippen LogP contribution >= 0.6 is 8.58 Å². The highest BCUT2D eigenvalue weighted by Crippen LogP contribution is 2.38. The fourth-order valence-electron chi connectivity index (χ4n) is 2.06. The first-order valence-electron chi connectivity index (χ1n) is 6.17. The van der Waals surface area contributed by atoms with Crippen LogP contribution in [0, 0.1) is 0 Å². The molecule has 1 saturated heterocycles. The van der Waals surface area contributed by atoms with E-state index in [9.17, 15) is 0 Å². The summed E-state index contributed by atoms with van der Waals surface area (Å²) in [4.78, 5) is 8.24. The Bertz CT molecular complexity index is 399. The highest BCUT2D eigenvalue weighted by Gasteiger charge is 2.15. The van der Waals surface area contributed by atoms with E-state index in [1.165, 1.54) is 21.4 Å². The Balaban J connectivity index is 0.000000136. The average Bonchev–Trinajstić information content (AvgIpc) is 2.74. The summed E-state index contributed by atoms with van der Waals surface area (Å²) in [7, 11) is 1.26. The van der Waals surface area contributed by atoms with Crippen LogP contribution in [-0.4, -0.2) is 21.3 Å². The molecule has 0 aliphatic carbocycles. The molecule has 0 spiro atoms. The summed E-state index contributed by atoms with van der Waals surface area (Å²) in [6.45, 7) is 4.73. The summed E-state index contributed by atoms with van der Waals surface area (Å²) in [6, 6.07) is 7.80. The van der Waals surface area contributed by atoms with Gasteiger partial charge in [0.2, 0.25) is 0 Å². The second-order valence-electron chi connectivity index (χ2n) is 4.59. The molecule has 1 aromatic carbocycles. The molecule has 17 heavy (non-hydrogen) atoms. The van der Waals surface area contributed by atoms with Crippen molar-refractivity contribution >= 4 is 19.6 Å². The maximum Gasteiger partial charge on any atom is 0.0886 e. The van der Waals surface area contributed by atoms with Crippen LogP contribution in [-0.2, 0) is 0 Å². The first kappa shape index (κ1) is 12.4. The molecule has 3 heteroatoms. The van der Waals surface area contributed by atoms with E-state index in [0.717, 1.165) is 22.4 Å². The fraction of sp³-hybridized carbons (Fsp3) is 0.429. The zero-order valence-corrected chi connectivity index (χ0v) is 11.4. The number of hydrogen-bond donors (Lipinski definition) is 0. The summed E-state index contributed by atoms with van der Waals surface area (Å²) in [5.74, 6) is 0. The molecule has 2 aromatic rings. The van der Waals surface area contributed by atoms with E-state index in [2.05, 4.69) is 23.8 Å². The third-order valence-electron chi connectivity index (χ3n) is 2.98. The molecule has 2 atom stereocenters. The standard InChI is InChI=1S/C8H6N2.C6H13P/c1-2-4-8-7(3-1)9-5-6-10-8;1-5-3-4-6(2)7-5/h1-6H;5-7H,3-4H2,1-2H3/t;5-,6-/m.1/s1. The molecule has 2 nitrogen and oxygen atoms in total. The molecular formula is C14H19N2P. The van der Waals surface area contributed by atoms with E-state index < -0.39 is 0 Å². The van der Waals surface area contributed by atoms with E-state index in [-0.39, 0.29) is 0 Å². The second-order valence-corrected chi connectivity index (χ2v) is 6.90. The molecule has 1 fully saturated rings. The number of rotatable bonds is 0. The molecule has 1 aromatic heterocycles. The number of benzene rings is 1. The minimum absolute atomic E-state index is 0.949. The van der Waals surface area contributed by atoms with E-state index >= 15 is 0 Å². The predicted octanol–water partition coefficient (Wildman–Crippen LogP) is 3.87. The molecule has 2 heterocycles. The molecule has 0 amide bonds. The quantitative estimate of drug-likeness (QED) is 0.659. The molecule has 0 bridgehead atoms. The van der Waals surface area contributed by atoms with Gasteiger partial charge in [-0.2, -0.15) is 0 Å². The van der Waals surface area contributed by atoms with Crippen LogP contribution in [0.1, 0.15) is 26.7 Å². The molecule has 90 valence electrons. The van der Waals surface area contributed by atoms with Gasteiger partial charge in [0.1, 0.15) is 0 Å². The molecule has 0 N–H and O–H groups in total. The van der Waals surface area contributed by atoms with Gasteiger partial charge in [-0.05, 0) is 36.3 Å². The van der Waals surface area contributed by atoms with Crippen LogP contribution in [0.5, 0.6) is 0 Å². The van der Waals surface area contributed by atoms with Gasteiger partial charge < -0.3 is 0 Å². The Hall–Kier alpha value is -1.01. The highest BCUT2D eigenvalue weighted by atomic mass is 31.1. The Morgan fingerprint density at radius 2 is 1.41 bits per heavy atom. The zero-order chi connectivity index (χ0) is 12.1. The van der Waals surface area contributed by atoms with Crippen molar-refractivity contribution in [3.8, 4) is 0 Å². The number of para-hydroxylation sites is 2. The van der Waals surface area contributed by atoms with Crippen molar-refractivity contribution in [2.24, 2.45) is 0 Å². The van der Waals surface area contributed by atoms with Crippen molar-refractivity contribution in [2.75, 3.05) is 0 Å². The minimum atomic E-state index is 0.949. The number of aromatic nitrogens is 2. The van der Waals surface area contributed by atoms with Crippen molar-refractivity contribution in [3.63, 3.8) is 0 Å². The average molecular weight is 246 g/mol. The van der Waals surface area contributed by atoms with Gasteiger partial charge in [0, 0.05) is 12.4 Å². The van der Waals surface area contributed by atoms with Gasteiger partial charge in [-0.3, -0.25) is 9.97 Å². The van der Waals surface area contributed by atoms with E-state index in [1.54, 1.807) is 12.4 Å². The second kappa shape index (κ2) is 6.07. The molecule has 0 radical (unpaired) electrons. The SMILES string of the molecule is C[C@@H]1CC[C@@H](C)P1.c1ccc2nccnc2c1. The van der Waals surface area contributed by atoms with E-state index in [4.69, 9.17) is 0 Å². The third kappa shape index (κ3) is 3.74. The van der Waals surface area contributed by atoms with Gasteiger partial charge in [0.15, 0.2) is 0 Å². The minimum Gasteiger partial charge on any atom is -0.253 e. The van der Waals surface area contributed by atoms with Crippen molar-refractivity contribution < 1.29 is 0 Å². The van der Waals surface area contributed by atoms with Crippen LogP contribution in [0.3, 0.4) is 0 Å². The van der Waals surface area contributed by atoms with Gasteiger partial charge in [0.05, 0.1) is 11.0 Å². The van der Waals surface area contributed by atoms with Crippen molar-refractivity contribution in [3.05, 3.63) is 36.7 Å². The lowest BCUT2D eigenvalue weighted by molar-refractivity contribution is 0.777. The van der Waals surface area contributed by atoms with Crippen LogP contribution < -0.4 is 0 Å². The smallest absolute Gasteiger partial charge is 0.0886 e. The van der Waals surface area contributed by atoms with Gasteiger partial charge in [-0.1, -0.05) is 26.0 Å². The van der Waals surface area contributed by atoms with Crippen LogP contribution in [0.2, 0.25) is 0 Å². The van der Waals surface area contributed by atoms with Crippen LogP contribution in [0.25, 0.3) is 11.0 Å². The predicted molar refractivity (Wildman–Crippen MR) is 76.0 cm³/mol. The summed E-state index contributed by atoms with van der Waals surface area (Å²) in [6.07, 6.45) is 6.36. The lowest BCUT2D eigenvalue weighted by atomic mass is 10.2. The van der Waals surface area contributed by atoms with Crippen molar-refractivity contribution in [2.45, 2.75) is 38.0 Å². The summed E-state index contributed by atoms with van der Waals surface area (Å²) in [5, 5.41) is 0. The summed E-state index contributed by atoms with van der Waals surface area (Å²) in [5.41, 5.74) is 4.00. The molecular weight excluding hydrogens is 227 g/mol. The fourth-order valence-corrected chi connectivity index (χ4v) is 3.70. The van der Waals surface area contributed by atoms with Crippen LogP contribution in [0.15, 0.2) is 36.7 Å². The number of hydrogen-bond acceptors (Lipinski definition) is 2. The Morgan fingerprint density at radius 1 is 0.941 bits per heavy atom. The topological polar surface area (TPSA) is 25.8 Å². The van der Waals surface area contributed by atoms with Crippen LogP contribution in [0.4, 0.5) is 0 Å². The molecule has 0 saturated carbocycles. The first-order chi connectivity index (χ1) is 8.25. The normalized spacial score (nSPS) is 23.2. The lowest BCUT2D eigenvalue weighted by Gasteiger charge is -1.97. The van der Waals surface area contributed by atoms with E-state index in [0.29, 0.717) is 0 Å². The Kier molecular flexibility index (Phi) is 4.44. The molecule has 3 rings (SSSR count). The van der Waals surface area contributed by atoms with Gasteiger partial charge in [0.25, 0.3) is 0 Å². The largest absolute Gasteiger partial charge is 0.253 e. The van der Waals surface area contributed by atoms with E-state index in [1.807, 2.05) is 24.3 Å². The van der Waals surface area contributed by atoms with Crippen molar-refractivity contribution in [1.82, 2.24) is 9.97 Å². The Labute approximate surface area is 105 Å². The zero-order valence-electron chi connectivity index (χ0n) is 10.4. The monoisotopic (exact) mass is 246 g/mol. The summed E-state index contributed by atoms with van der Waals surface area (Å²) < 4.78 is 0. The molecule has 0 unspecified atom stereocenters. The summed E-state index contributed by atoms with van der Waals surface area (Å²) >= 11 is 0. The molecule has 1 aliphatic heterocycles. The lowest BCUT2D eigenvalue weighted by Crippen LogP contribution is -1.81.